The Kier molecular flexibility index (Phi) is 11.4. The van der Waals surface area contributed by atoms with Gasteiger partial charge in [0.1, 0.15) is 24.2 Å². The summed E-state index contributed by atoms with van der Waals surface area (Å²) in [5.41, 5.74) is 1.90. The van der Waals surface area contributed by atoms with Crippen LogP contribution >= 0.6 is 11.6 Å². The number of carbonyl (C=O) groups excluding carboxylic acids is 2. The number of nitrogens with zero attached hydrogens (tertiary/aromatic N) is 2. The van der Waals surface area contributed by atoms with Gasteiger partial charge in [0.2, 0.25) is 11.8 Å². The minimum Gasteiger partial charge on any atom is -0.495 e. The molecule has 4 rings (SSSR count). The van der Waals surface area contributed by atoms with E-state index in [0.29, 0.717) is 5.75 Å². The minimum atomic E-state index is -4.33. The van der Waals surface area contributed by atoms with Crippen molar-refractivity contribution >= 4 is 39.1 Å². The van der Waals surface area contributed by atoms with Crippen molar-refractivity contribution < 1.29 is 27.1 Å². The summed E-state index contributed by atoms with van der Waals surface area (Å²) in [5, 5.41) is 3.01. The van der Waals surface area contributed by atoms with E-state index in [4.69, 9.17) is 16.3 Å². The van der Waals surface area contributed by atoms with Crippen LogP contribution in [0.5, 0.6) is 5.75 Å². The van der Waals surface area contributed by atoms with Crippen molar-refractivity contribution in [2.24, 2.45) is 0 Å². The van der Waals surface area contributed by atoms with Crippen LogP contribution < -0.4 is 14.4 Å². The van der Waals surface area contributed by atoms with Gasteiger partial charge in [0, 0.05) is 24.6 Å². The quantitative estimate of drug-likeness (QED) is 0.185. The highest BCUT2D eigenvalue weighted by atomic mass is 35.5. The molecule has 242 valence electrons. The molecule has 0 bridgehead atoms. The first kappa shape index (κ1) is 34.5. The molecule has 11 heteroatoms. The Hall–Kier alpha value is -4.41. The second kappa shape index (κ2) is 15.2. The molecule has 0 radical (unpaired) electrons. The monoisotopic (exact) mass is 665 g/mol. The van der Waals surface area contributed by atoms with Gasteiger partial charge in [-0.2, -0.15) is 0 Å². The molecule has 0 aliphatic heterocycles. The topological polar surface area (TPSA) is 96.0 Å². The predicted octanol–water partition coefficient (Wildman–Crippen LogP) is 6.16. The smallest absolute Gasteiger partial charge is 0.264 e. The number of ether oxygens (including phenoxy) is 1. The summed E-state index contributed by atoms with van der Waals surface area (Å²) in [6.45, 7) is 4.44. The van der Waals surface area contributed by atoms with Crippen LogP contribution in [0.2, 0.25) is 5.02 Å². The van der Waals surface area contributed by atoms with Gasteiger partial charge in [-0.3, -0.25) is 13.9 Å². The summed E-state index contributed by atoms with van der Waals surface area (Å²) in [4.78, 5) is 29.4. The van der Waals surface area contributed by atoms with E-state index in [2.05, 4.69) is 5.32 Å². The molecule has 0 saturated carbocycles. The number of halogens is 2. The molecule has 4 aromatic carbocycles. The molecule has 0 aromatic heterocycles. The molecular weight excluding hydrogens is 629 g/mol. The number of sulfonamides is 1. The Morgan fingerprint density at radius 2 is 1.59 bits per heavy atom. The van der Waals surface area contributed by atoms with Crippen molar-refractivity contribution in [2.45, 2.75) is 50.7 Å². The maximum Gasteiger partial charge on any atom is 0.264 e. The summed E-state index contributed by atoms with van der Waals surface area (Å²) in [6.07, 6.45) is 0.110. The highest BCUT2D eigenvalue weighted by Crippen LogP contribution is 2.32. The zero-order valence-corrected chi connectivity index (χ0v) is 27.7. The molecule has 0 spiro atoms. The lowest BCUT2D eigenvalue weighted by molar-refractivity contribution is -0.140. The Balaban J connectivity index is 1.84. The standard InChI is InChI=1S/C35H37ClFN3O5S/c1-24(2)38-35(42)32(20-26-10-6-5-7-11-26)39(22-27-12-8-9-13-31(27)37)34(41)23-40(28-16-19-33(45-4)30(36)21-28)46(43,44)29-17-14-25(3)15-18-29/h5-19,21,24,32H,20,22-23H2,1-4H3,(H,38,42). The lowest BCUT2D eigenvalue weighted by Crippen LogP contribution is -2.54. The van der Waals surface area contributed by atoms with Crippen molar-refractivity contribution in [3.8, 4) is 5.75 Å². The summed E-state index contributed by atoms with van der Waals surface area (Å²) in [5.74, 6) is -1.41. The maximum atomic E-state index is 15.0. The average Bonchev–Trinajstić information content (AvgIpc) is 3.02. The van der Waals surface area contributed by atoms with E-state index in [0.717, 1.165) is 15.4 Å². The molecule has 4 aromatic rings. The molecule has 1 atom stereocenters. The molecule has 46 heavy (non-hydrogen) atoms. The molecule has 1 unspecified atom stereocenters. The first-order chi connectivity index (χ1) is 21.9. The van der Waals surface area contributed by atoms with Gasteiger partial charge in [-0.25, -0.2) is 12.8 Å². The maximum absolute atomic E-state index is 15.0. The number of methoxy groups -OCH3 is 1. The van der Waals surface area contributed by atoms with Crippen LogP contribution in [0, 0.1) is 12.7 Å². The molecule has 0 fully saturated rings. The third kappa shape index (κ3) is 8.44. The van der Waals surface area contributed by atoms with Crippen molar-refractivity contribution in [3.05, 3.63) is 125 Å². The van der Waals surface area contributed by atoms with E-state index in [1.54, 1.807) is 32.0 Å². The lowest BCUT2D eigenvalue weighted by Gasteiger charge is -2.34. The van der Waals surface area contributed by atoms with Gasteiger partial charge in [0.05, 0.1) is 22.7 Å². The van der Waals surface area contributed by atoms with Crippen molar-refractivity contribution in [2.75, 3.05) is 18.0 Å². The van der Waals surface area contributed by atoms with Crippen LogP contribution in [0.25, 0.3) is 0 Å². The zero-order valence-electron chi connectivity index (χ0n) is 26.1. The zero-order chi connectivity index (χ0) is 33.4. The van der Waals surface area contributed by atoms with Crippen molar-refractivity contribution in [3.63, 3.8) is 0 Å². The molecule has 0 heterocycles. The Morgan fingerprint density at radius 3 is 2.20 bits per heavy atom. The number of benzene rings is 4. The largest absolute Gasteiger partial charge is 0.495 e. The van der Waals surface area contributed by atoms with E-state index < -0.39 is 40.2 Å². The van der Waals surface area contributed by atoms with E-state index in [-0.39, 0.29) is 40.2 Å². The van der Waals surface area contributed by atoms with Crippen molar-refractivity contribution in [1.29, 1.82) is 0 Å². The lowest BCUT2D eigenvalue weighted by atomic mass is 10.0. The Labute approximate surface area is 274 Å². The fraction of sp³-hybridized carbons (Fsp3) is 0.257. The first-order valence-corrected chi connectivity index (χ1v) is 16.5. The number of anilines is 1. The number of nitrogens with one attached hydrogen (secondary N) is 1. The molecule has 8 nitrogen and oxygen atoms in total. The van der Waals surface area contributed by atoms with E-state index >= 15 is 4.39 Å². The van der Waals surface area contributed by atoms with Crippen LogP contribution in [0.3, 0.4) is 0 Å². The fourth-order valence-electron chi connectivity index (χ4n) is 4.92. The normalized spacial score (nSPS) is 12.0. The van der Waals surface area contributed by atoms with Gasteiger partial charge >= 0.3 is 0 Å². The number of aryl methyl sites for hydroxylation is 1. The second-order valence-electron chi connectivity index (χ2n) is 11.1. The van der Waals surface area contributed by atoms with Gasteiger partial charge in [0.25, 0.3) is 10.0 Å². The number of hydrogen-bond acceptors (Lipinski definition) is 5. The average molecular weight is 666 g/mol. The molecule has 0 aliphatic carbocycles. The number of rotatable bonds is 13. The van der Waals surface area contributed by atoms with Gasteiger partial charge in [0.15, 0.2) is 0 Å². The van der Waals surface area contributed by atoms with Crippen LogP contribution in [-0.4, -0.2) is 50.9 Å². The van der Waals surface area contributed by atoms with Crippen molar-refractivity contribution in [1.82, 2.24) is 10.2 Å². The van der Waals surface area contributed by atoms with Crippen LogP contribution in [0.1, 0.15) is 30.5 Å². The number of amides is 2. The highest BCUT2D eigenvalue weighted by molar-refractivity contribution is 7.92. The van der Waals surface area contributed by atoms with Crippen LogP contribution in [-0.2, 0) is 32.6 Å². The van der Waals surface area contributed by atoms with Gasteiger partial charge in [-0.1, -0.05) is 77.8 Å². The molecule has 0 aliphatic rings. The van der Waals surface area contributed by atoms with Gasteiger partial charge in [-0.15, -0.1) is 0 Å². The Bertz CT molecular complexity index is 1770. The first-order valence-electron chi connectivity index (χ1n) is 14.7. The van der Waals surface area contributed by atoms with Gasteiger partial charge in [-0.05, 0) is 62.7 Å². The second-order valence-corrected chi connectivity index (χ2v) is 13.4. The summed E-state index contributed by atoms with van der Waals surface area (Å²) >= 11 is 6.41. The SMILES string of the molecule is COc1ccc(N(CC(=O)N(Cc2ccccc2F)C(Cc2ccccc2)C(=O)NC(C)C)S(=O)(=O)c2ccc(C)cc2)cc1Cl. The molecule has 0 saturated heterocycles. The molecule has 2 amide bonds. The number of hydrogen-bond donors (Lipinski definition) is 1. The summed E-state index contributed by atoms with van der Waals surface area (Å²) in [7, 11) is -2.90. The minimum absolute atomic E-state index is 0.0446. The Morgan fingerprint density at radius 1 is 0.935 bits per heavy atom. The number of carbonyl (C=O) groups is 2. The molecule has 1 N–H and O–H groups in total. The highest BCUT2D eigenvalue weighted by Gasteiger charge is 2.35. The summed E-state index contributed by atoms with van der Waals surface area (Å²) < 4.78 is 49.5. The van der Waals surface area contributed by atoms with E-state index in [9.17, 15) is 18.0 Å². The van der Waals surface area contributed by atoms with E-state index in [1.165, 1.54) is 60.5 Å². The van der Waals surface area contributed by atoms with Crippen LogP contribution in [0.4, 0.5) is 10.1 Å². The molecular formula is C35H37ClFN3O5S. The van der Waals surface area contributed by atoms with E-state index in [1.807, 2.05) is 37.3 Å². The third-order valence-corrected chi connectivity index (χ3v) is 9.40. The van der Waals surface area contributed by atoms with Crippen LogP contribution in [0.15, 0.2) is 102 Å². The third-order valence-electron chi connectivity index (χ3n) is 7.31. The fourth-order valence-corrected chi connectivity index (χ4v) is 6.58. The summed E-state index contributed by atoms with van der Waals surface area (Å²) in [6, 6.07) is 24.4. The predicted molar refractivity (Wildman–Crippen MR) is 178 cm³/mol. The van der Waals surface area contributed by atoms with Gasteiger partial charge < -0.3 is 15.0 Å².